The molecule has 0 radical (unpaired) electrons. The van der Waals surface area contributed by atoms with Gasteiger partial charge in [0.15, 0.2) is 24.4 Å². The van der Waals surface area contributed by atoms with Gasteiger partial charge in [0.1, 0.15) is 23.4 Å². The van der Waals surface area contributed by atoms with Crippen molar-refractivity contribution in [3.63, 3.8) is 0 Å². The summed E-state index contributed by atoms with van der Waals surface area (Å²) in [6.45, 7) is 16.9. The molecule has 15 heteroatoms. The number of carbonyl (C=O) groups is 7. The smallest absolute Gasteiger partial charge is 0.338 e. The van der Waals surface area contributed by atoms with Crippen LogP contribution in [0.4, 0.5) is 0 Å². The molecule has 0 bridgehead atoms. The second-order valence-electron chi connectivity index (χ2n) is 14.6. The second-order valence-corrected chi connectivity index (χ2v) is 14.6. The lowest BCUT2D eigenvalue weighted by molar-refractivity contribution is -0.198. The fourth-order valence-electron chi connectivity index (χ4n) is 7.50. The van der Waals surface area contributed by atoms with Crippen molar-refractivity contribution in [1.82, 2.24) is 0 Å². The van der Waals surface area contributed by atoms with Crippen LogP contribution in [0.25, 0.3) is 0 Å². The Bertz CT molecular complexity index is 1660. The third kappa shape index (κ3) is 9.92. The molecule has 1 aromatic carbocycles. The first-order valence-electron chi connectivity index (χ1n) is 17.4. The van der Waals surface area contributed by atoms with Crippen LogP contribution in [0, 0.1) is 17.3 Å². The van der Waals surface area contributed by atoms with Crippen molar-refractivity contribution in [2.45, 2.75) is 123 Å². The van der Waals surface area contributed by atoms with Crippen LogP contribution < -0.4 is 0 Å². The van der Waals surface area contributed by atoms with Gasteiger partial charge in [-0.3, -0.25) is 28.8 Å². The van der Waals surface area contributed by atoms with E-state index in [0.717, 1.165) is 41.5 Å². The number of carbonyl (C=O) groups excluding carboxylic acids is 7. The number of rotatable bonds is 8. The van der Waals surface area contributed by atoms with Gasteiger partial charge in [0.25, 0.3) is 0 Å². The summed E-state index contributed by atoms with van der Waals surface area (Å²) >= 11 is 0. The molecule has 2 aliphatic carbocycles. The maximum Gasteiger partial charge on any atom is 0.338 e. The number of aliphatic hydroxyl groups is 1. The van der Waals surface area contributed by atoms with Crippen LogP contribution in [-0.2, 0) is 61.9 Å². The average molecular weight is 759 g/mol. The van der Waals surface area contributed by atoms with Crippen LogP contribution in [0.2, 0.25) is 0 Å². The molecular weight excluding hydrogens is 708 g/mol. The Morgan fingerprint density at radius 1 is 0.667 bits per heavy atom. The Kier molecular flexibility index (Phi) is 13.6. The Hall–Kier alpha value is -5.05. The molecule has 0 spiro atoms. The Morgan fingerprint density at radius 2 is 1.17 bits per heavy atom. The maximum atomic E-state index is 13.8. The minimum atomic E-state index is -2.39. The normalized spacial score (nSPS) is 32.5. The minimum absolute atomic E-state index is 0.0705. The van der Waals surface area contributed by atoms with Crippen molar-refractivity contribution in [3.05, 3.63) is 60.2 Å². The van der Waals surface area contributed by atoms with Crippen LogP contribution in [0.1, 0.15) is 86.0 Å². The summed E-state index contributed by atoms with van der Waals surface area (Å²) in [5.41, 5.74) is -5.80. The largest absolute Gasteiger partial charge is 0.459 e. The van der Waals surface area contributed by atoms with Crippen LogP contribution in [0.3, 0.4) is 0 Å². The summed E-state index contributed by atoms with van der Waals surface area (Å²) in [5.74, 6) is -8.76. The molecule has 0 amide bonds. The number of hydrogen-bond donors (Lipinski definition) is 1. The molecule has 0 heterocycles. The molecule has 1 N–H and O–H groups in total. The van der Waals surface area contributed by atoms with E-state index in [2.05, 4.69) is 6.58 Å². The zero-order valence-corrected chi connectivity index (χ0v) is 32.2. The van der Waals surface area contributed by atoms with Crippen molar-refractivity contribution >= 4 is 41.8 Å². The molecule has 0 saturated heterocycles. The first kappa shape index (κ1) is 43.4. The summed E-state index contributed by atoms with van der Waals surface area (Å²) in [4.78, 5) is 90.5. The minimum Gasteiger partial charge on any atom is -0.459 e. The summed E-state index contributed by atoms with van der Waals surface area (Å²) < 4.78 is 40.9. The zero-order chi connectivity index (χ0) is 40.9. The zero-order valence-electron chi connectivity index (χ0n) is 32.2. The average Bonchev–Trinajstić information content (AvgIpc) is 3.25. The van der Waals surface area contributed by atoms with Gasteiger partial charge in [-0.2, -0.15) is 0 Å². The number of hydrogen-bond acceptors (Lipinski definition) is 15. The molecule has 15 nitrogen and oxygen atoms in total. The van der Waals surface area contributed by atoms with Gasteiger partial charge in [-0.15, -0.1) is 0 Å². The number of ether oxygens (including phenoxy) is 7. The molecule has 1 aromatic rings. The molecule has 2 aliphatic rings. The fourth-order valence-corrected chi connectivity index (χ4v) is 7.50. The standard InChI is InChI=1S/C39H50O15/c1-20-17-18-37(9,10)35(52-26(7)44)32(50-24(5)42)31(49-23(4)41)21(2)30(48-22(3)40)29-34(53-36(46)28-15-13-12-14-16-28)38(11,54-27(8)45)19-39(29,47)33(20)51-25(6)43/h12-18,20,29-35,47H,2,19H2,1,3-11H3/b18-17-/t20-,29-,30?,31-,32+,33-,34+,35?,38+,39+/m0/s1. The summed E-state index contributed by atoms with van der Waals surface area (Å²) in [6, 6.07) is 7.75. The van der Waals surface area contributed by atoms with Crippen LogP contribution in [0.5, 0.6) is 0 Å². The molecule has 10 atom stereocenters. The Labute approximate surface area is 314 Å². The molecule has 1 saturated carbocycles. The third-order valence-electron chi connectivity index (χ3n) is 9.42. The molecule has 296 valence electrons. The summed E-state index contributed by atoms with van der Waals surface area (Å²) in [6.07, 6.45) is -7.30. The third-order valence-corrected chi connectivity index (χ3v) is 9.42. The molecule has 0 aliphatic heterocycles. The molecule has 3 rings (SSSR count). The van der Waals surface area contributed by atoms with E-state index >= 15 is 0 Å². The second kappa shape index (κ2) is 17.0. The topological polar surface area (TPSA) is 204 Å². The highest BCUT2D eigenvalue weighted by Crippen LogP contribution is 2.54. The van der Waals surface area contributed by atoms with Gasteiger partial charge in [-0.05, 0) is 19.1 Å². The monoisotopic (exact) mass is 758 g/mol. The number of benzene rings is 1. The summed E-state index contributed by atoms with van der Waals surface area (Å²) in [7, 11) is 0. The molecule has 0 aromatic heterocycles. The number of fused-ring (bicyclic) bond motifs is 1. The first-order valence-corrected chi connectivity index (χ1v) is 17.4. The van der Waals surface area contributed by atoms with Gasteiger partial charge in [0.05, 0.1) is 11.5 Å². The predicted molar refractivity (Wildman–Crippen MR) is 188 cm³/mol. The molecule has 2 unspecified atom stereocenters. The molecule has 54 heavy (non-hydrogen) atoms. The molecular formula is C39H50O15. The van der Waals surface area contributed by atoms with Gasteiger partial charge in [-0.25, -0.2) is 4.79 Å². The van der Waals surface area contributed by atoms with Crippen LogP contribution in [0.15, 0.2) is 54.6 Å². The van der Waals surface area contributed by atoms with Crippen LogP contribution >= 0.6 is 0 Å². The van der Waals surface area contributed by atoms with Crippen molar-refractivity contribution in [1.29, 1.82) is 0 Å². The van der Waals surface area contributed by atoms with Gasteiger partial charge < -0.3 is 38.3 Å². The lowest BCUT2D eigenvalue weighted by Gasteiger charge is -2.46. The van der Waals surface area contributed by atoms with Crippen molar-refractivity contribution < 1.29 is 71.8 Å². The fraction of sp³-hybridized carbons (Fsp3) is 0.564. The van der Waals surface area contributed by atoms with Crippen molar-refractivity contribution in [2.24, 2.45) is 17.3 Å². The SMILES string of the molecule is C=C1C(OC(C)=O)[C@H]2[C@@H](OC(=O)c3ccccc3)[C@](C)(OC(C)=O)C[C@]2(O)[C@@H](OC(C)=O)[C@@H](C)/C=C\C(C)(C)C(OC(C)=O)[C@H](OC(C)=O)[C@H]1OC(C)=O. The highest BCUT2D eigenvalue weighted by molar-refractivity contribution is 5.89. The van der Waals surface area contributed by atoms with E-state index in [1.807, 2.05) is 0 Å². The van der Waals surface area contributed by atoms with E-state index in [1.54, 1.807) is 51.1 Å². The van der Waals surface area contributed by atoms with E-state index in [9.17, 15) is 38.7 Å². The quantitative estimate of drug-likeness (QED) is 0.228. The van der Waals surface area contributed by atoms with Crippen molar-refractivity contribution in [2.75, 3.05) is 0 Å². The highest BCUT2D eigenvalue weighted by atomic mass is 16.6. The van der Waals surface area contributed by atoms with Gasteiger partial charge in [0, 0.05) is 64.9 Å². The summed E-state index contributed by atoms with van der Waals surface area (Å²) in [5, 5.41) is 13.2. The first-order chi connectivity index (χ1) is 24.9. The van der Waals surface area contributed by atoms with Gasteiger partial charge in [-0.1, -0.05) is 57.7 Å². The maximum absolute atomic E-state index is 13.8. The van der Waals surface area contributed by atoms with E-state index in [4.69, 9.17) is 33.2 Å². The Morgan fingerprint density at radius 3 is 1.67 bits per heavy atom. The Balaban J connectivity index is 2.56. The van der Waals surface area contributed by atoms with E-state index in [1.165, 1.54) is 19.1 Å². The van der Waals surface area contributed by atoms with E-state index in [-0.39, 0.29) is 11.1 Å². The van der Waals surface area contributed by atoms with E-state index in [0.29, 0.717) is 0 Å². The lowest BCUT2D eigenvalue weighted by atomic mass is 9.71. The van der Waals surface area contributed by atoms with Gasteiger partial charge >= 0.3 is 41.8 Å². The number of esters is 7. The molecule has 1 fully saturated rings. The highest BCUT2D eigenvalue weighted by Gasteiger charge is 2.70. The van der Waals surface area contributed by atoms with Gasteiger partial charge in [0.2, 0.25) is 0 Å². The predicted octanol–water partition coefficient (Wildman–Crippen LogP) is 3.73. The van der Waals surface area contributed by atoms with Crippen LogP contribution in [-0.4, -0.2) is 94.7 Å². The lowest BCUT2D eigenvalue weighted by Crippen LogP contribution is -2.60. The van der Waals surface area contributed by atoms with Crippen molar-refractivity contribution in [3.8, 4) is 0 Å². The van der Waals surface area contributed by atoms with E-state index < -0.39 is 113 Å².